The summed E-state index contributed by atoms with van der Waals surface area (Å²) in [5.74, 6) is 1.34. The number of aliphatic imine (C=N–C) groups is 1. The first-order chi connectivity index (χ1) is 12.3. The molecule has 0 bridgehead atoms. The van der Waals surface area contributed by atoms with Crippen LogP contribution in [0.4, 0.5) is 0 Å². The monoisotopic (exact) mass is 352 g/mol. The Morgan fingerprint density at radius 2 is 1.88 bits per heavy atom. The molecule has 1 heterocycles. The van der Waals surface area contributed by atoms with Gasteiger partial charge in [0.25, 0.3) is 0 Å². The van der Waals surface area contributed by atoms with Crippen molar-refractivity contribution in [2.45, 2.75) is 33.2 Å². The first kappa shape index (κ1) is 21.2. The Kier molecular flexibility index (Phi) is 12.3. The third kappa shape index (κ3) is 10.6. The summed E-state index contributed by atoms with van der Waals surface area (Å²) in [5, 5.41) is 6.45. The Labute approximate surface area is 151 Å². The van der Waals surface area contributed by atoms with E-state index < -0.39 is 0 Å². The SMILES string of the molecule is CCCCOCCOCCNC(=NCc1cccc(OC)n1)NCC. The topological polar surface area (TPSA) is 77.0 Å². The van der Waals surface area contributed by atoms with Crippen molar-refractivity contribution in [2.75, 3.05) is 46.6 Å². The number of nitrogens with one attached hydrogen (secondary N) is 2. The van der Waals surface area contributed by atoms with Crippen molar-refractivity contribution in [3.8, 4) is 5.88 Å². The van der Waals surface area contributed by atoms with Gasteiger partial charge in [-0.2, -0.15) is 0 Å². The summed E-state index contributed by atoms with van der Waals surface area (Å²) in [6.45, 7) is 8.84. The van der Waals surface area contributed by atoms with Gasteiger partial charge in [-0.25, -0.2) is 9.98 Å². The molecule has 142 valence electrons. The van der Waals surface area contributed by atoms with Crippen LogP contribution in [0.5, 0.6) is 5.88 Å². The van der Waals surface area contributed by atoms with Gasteiger partial charge < -0.3 is 24.8 Å². The van der Waals surface area contributed by atoms with E-state index in [4.69, 9.17) is 14.2 Å². The van der Waals surface area contributed by atoms with E-state index in [1.807, 2.05) is 25.1 Å². The first-order valence-corrected chi connectivity index (χ1v) is 8.97. The maximum absolute atomic E-state index is 5.54. The molecule has 0 aromatic carbocycles. The maximum atomic E-state index is 5.54. The lowest BCUT2D eigenvalue weighted by Gasteiger charge is -2.11. The van der Waals surface area contributed by atoms with Gasteiger partial charge >= 0.3 is 0 Å². The third-order valence-corrected chi connectivity index (χ3v) is 3.29. The van der Waals surface area contributed by atoms with Gasteiger partial charge in [0.1, 0.15) is 0 Å². The van der Waals surface area contributed by atoms with Crippen LogP contribution in [-0.2, 0) is 16.0 Å². The fourth-order valence-electron chi connectivity index (χ4n) is 1.97. The molecule has 7 nitrogen and oxygen atoms in total. The molecule has 0 aliphatic heterocycles. The largest absolute Gasteiger partial charge is 0.481 e. The highest BCUT2D eigenvalue weighted by Gasteiger charge is 2.00. The minimum absolute atomic E-state index is 0.485. The van der Waals surface area contributed by atoms with Crippen molar-refractivity contribution >= 4 is 5.96 Å². The lowest BCUT2D eigenvalue weighted by molar-refractivity contribution is 0.0487. The van der Waals surface area contributed by atoms with Gasteiger partial charge in [0.2, 0.25) is 5.88 Å². The van der Waals surface area contributed by atoms with Crippen molar-refractivity contribution in [1.82, 2.24) is 15.6 Å². The average Bonchev–Trinajstić information content (AvgIpc) is 2.64. The van der Waals surface area contributed by atoms with Crippen molar-refractivity contribution in [3.63, 3.8) is 0 Å². The number of hydrogen-bond donors (Lipinski definition) is 2. The number of aromatic nitrogens is 1. The van der Waals surface area contributed by atoms with E-state index in [2.05, 4.69) is 27.5 Å². The lowest BCUT2D eigenvalue weighted by atomic mass is 10.3. The zero-order valence-electron chi connectivity index (χ0n) is 15.7. The predicted octanol–water partition coefficient (Wildman–Crippen LogP) is 1.98. The number of hydrogen-bond acceptors (Lipinski definition) is 5. The Balaban J connectivity index is 2.24. The average molecular weight is 352 g/mol. The molecule has 25 heavy (non-hydrogen) atoms. The standard InChI is InChI=1S/C18H32N4O3/c1-4-6-11-24-13-14-25-12-10-20-18(19-5-2)21-15-16-8-7-9-17(22-16)23-3/h7-9H,4-6,10-15H2,1-3H3,(H2,19,20,21). The van der Waals surface area contributed by atoms with Crippen molar-refractivity contribution in [1.29, 1.82) is 0 Å². The summed E-state index contributed by atoms with van der Waals surface area (Å²) in [6, 6.07) is 5.66. The van der Waals surface area contributed by atoms with E-state index in [0.717, 1.165) is 37.6 Å². The zero-order valence-corrected chi connectivity index (χ0v) is 15.7. The molecule has 0 aliphatic rings. The Bertz CT molecular complexity index is 483. The first-order valence-electron chi connectivity index (χ1n) is 8.97. The van der Waals surface area contributed by atoms with Gasteiger partial charge in [0, 0.05) is 25.8 Å². The minimum Gasteiger partial charge on any atom is -0.481 e. The third-order valence-electron chi connectivity index (χ3n) is 3.29. The Hall–Kier alpha value is -1.86. The van der Waals surface area contributed by atoms with Crippen LogP contribution in [0.1, 0.15) is 32.4 Å². The van der Waals surface area contributed by atoms with Crippen LogP contribution in [-0.4, -0.2) is 57.6 Å². The second-order valence-electron chi connectivity index (χ2n) is 5.37. The summed E-state index contributed by atoms with van der Waals surface area (Å²) in [6.07, 6.45) is 2.26. The Morgan fingerprint density at radius 1 is 1.08 bits per heavy atom. The summed E-state index contributed by atoms with van der Waals surface area (Å²) in [4.78, 5) is 8.87. The molecular formula is C18H32N4O3. The maximum Gasteiger partial charge on any atom is 0.213 e. The molecule has 0 atom stereocenters. The number of guanidine groups is 1. The number of rotatable bonds is 13. The number of pyridine rings is 1. The minimum atomic E-state index is 0.485. The molecule has 1 aromatic heterocycles. The van der Waals surface area contributed by atoms with E-state index in [9.17, 15) is 0 Å². The van der Waals surface area contributed by atoms with Gasteiger partial charge in [0.05, 0.1) is 39.2 Å². The number of ether oxygens (including phenoxy) is 3. The molecule has 7 heteroatoms. The van der Waals surface area contributed by atoms with Gasteiger partial charge in [-0.15, -0.1) is 0 Å². The van der Waals surface area contributed by atoms with Crippen LogP contribution in [0.15, 0.2) is 23.2 Å². The zero-order chi connectivity index (χ0) is 18.2. The predicted molar refractivity (Wildman–Crippen MR) is 100 cm³/mol. The molecule has 0 saturated heterocycles. The number of unbranched alkanes of at least 4 members (excludes halogenated alkanes) is 1. The van der Waals surface area contributed by atoms with E-state index in [1.54, 1.807) is 7.11 Å². The molecule has 0 spiro atoms. The molecule has 1 rings (SSSR count). The van der Waals surface area contributed by atoms with Gasteiger partial charge in [-0.1, -0.05) is 19.4 Å². The molecule has 1 aromatic rings. The fraction of sp³-hybridized carbons (Fsp3) is 0.667. The van der Waals surface area contributed by atoms with Crippen molar-refractivity contribution in [2.24, 2.45) is 4.99 Å². The van der Waals surface area contributed by atoms with Crippen LogP contribution >= 0.6 is 0 Å². The lowest BCUT2D eigenvalue weighted by Crippen LogP contribution is -2.39. The molecule has 0 unspecified atom stereocenters. The molecule has 0 fully saturated rings. The van der Waals surface area contributed by atoms with E-state index >= 15 is 0 Å². The van der Waals surface area contributed by atoms with Crippen LogP contribution in [0, 0.1) is 0 Å². The van der Waals surface area contributed by atoms with Crippen LogP contribution in [0.3, 0.4) is 0 Å². The van der Waals surface area contributed by atoms with E-state index in [1.165, 1.54) is 0 Å². The van der Waals surface area contributed by atoms with E-state index in [-0.39, 0.29) is 0 Å². The van der Waals surface area contributed by atoms with Gasteiger partial charge in [-0.05, 0) is 19.4 Å². The number of nitrogens with zero attached hydrogens (tertiary/aromatic N) is 2. The summed E-state index contributed by atoms with van der Waals surface area (Å²) in [5.41, 5.74) is 0.858. The van der Waals surface area contributed by atoms with Crippen molar-refractivity contribution in [3.05, 3.63) is 23.9 Å². The molecule has 0 aliphatic carbocycles. The second kappa shape index (κ2) is 14.5. The summed E-state index contributed by atoms with van der Waals surface area (Å²) < 4.78 is 16.1. The molecule has 0 amide bonds. The summed E-state index contributed by atoms with van der Waals surface area (Å²) in [7, 11) is 1.61. The molecule has 2 N–H and O–H groups in total. The number of methoxy groups -OCH3 is 1. The normalized spacial score (nSPS) is 11.4. The highest BCUT2D eigenvalue weighted by atomic mass is 16.5. The molecule has 0 saturated carbocycles. The Morgan fingerprint density at radius 3 is 2.60 bits per heavy atom. The second-order valence-corrected chi connectivity index (χ2v) is 5.37. The van der Waals surface area contributed by atoms with Gasteiger partial charge in [0.15, 0.2) is 5.96 Å². The smallest absolute Gasteiger partial charge is 0.213 e. The van der Waals surface area contributed by atoms with E-state index in [0.29, 0.717) is 38.8 Å². The summed E-state index contributed by atoms with van der Waals surface area (Å²) >= 11 is 0. The molecular weight excluding hydrogens is 320 g/mol. The van der Waals surface area contributed by atoms with Crippen LogP contribution < -0.4 is 15.4 Å². The highest BCUT2D eigenvalue weighted by Crippen LogP contribution is 2.07. The quantitative estimate of drug-likeness (QED) is 0.321. The van der Waals surface area contributed by atoms with Crippen LogP contribution in [0.2, 0.25) is 0 Å². The van der Waals surface area contributed by atoms with Crippen molar-refractivity contribution < 1.29 is 14.2 Å². The molecule has 0 radical (unpaired) electrons. The highest BCUT2D eigenvalue weighted by molar-refractivity contribution is 5.79. The van der Waals surface area contributed by atoms with Crippen LogP contribution in [0.25, 0.3) is 0 Å². The fourth-order valence-corrected chi connectivity index (χ4v) is 1.97. The van der Waals surface area contributed by atoms with Gasteiger partial charge in [-0.3, -0.25) is 0 Å².